The molecule has 0 unspecified atom stereocenters. The number of carboxylic acids is 1. The van der Waals surface area contributed by atoms with E-state index in [1.807, 2.05) is 6.92 Å². The van der Waals surface area contributed by atoms with Gasteiger partial charge in [0.2, 0.25) is 0 Å². The van der Waals surface area contributed by atoms with Crippen LogP contribution in [0.4, 0.5) is 0 Å². The van der Waals surface area contributed by atoms with E-state index >= 15 is 0 Å². The Balaban J connectivity index is 1.65. The highest BCUT2D eigenvalue weighted by Gasteiger charge is 2.27. The summed E-state index contributed by atoms with van der Waals surface area (Å²) in [6, 6.07) is 3.26. The lowest BCUT2D eigenvalue weighted by atomic mass is 9.98. The van der Waals surface area contributed by atoms with Crippen LogP contribution >= 0.6 is 0 Å². The number of aromatic hydroxyl groups is 1. The van der Waals surface area contributed by atoms with Crippen LogP contribution in [0.15, 0.2) is 41.7 Å². The first-order valence-corrected chi connectivity index (χ1v) is 11.1. The molecule has 3 rings (SSSR count). The van der Waals surface area contributed by atoms with E-state index in [-0.39, 0.29) is 40.5 Å². The van der Waals surface area contributed by atoms with Gasteiger partial charge in [-0.3, -0.25) is 4.79 Å². The fourth-order valence-electron chi connectivity index (χ4n) is 3.75. The maximum atomic E-state index is 11.7. The van der Waals surface area contributed by atoms with Crippen LogP contribution in [0.25, 0.3) is 5.70 Å². The molecule has 3 N–H and O–H groups in total. The van der Waals surface area contributed by atoms with E-state index in [0.29, 0.717) is 55.0 Å². The molecule has 1 aliphatic carbocycles. The summed E-state index contributed by atoms with van der Waals surface area (Å²) in [6.45, 7) is 7.51. The van der Waals surface area contributed by atoms with Crippen molar-refractivity contribution in [2.24, 2.45) is 0 Å². The quantitative estimate of drug-likeness (QED) is 0.332. The average molecular weight is 469 g/mol. The molecule has 34 heavy (non-hydrogen) atoms. The summed E-state index contributed by atoms with van der Waals surface area (Å²) in [7, 11) is 0. The zero-order valence-corrected chi connectivity index (χ0v) is 19.2. The number of phenols is 1. The van der Waals surface area contributed by atoms with E-state index in [1.54, 1.807) is 12.1 Å². The van der Waals surface area contributed by atoms with Crippen molar-refractivity contribution in [1.82, 2.24) is 20.2 Å². The second kappa shape index (κ2) is 10.8. The topological polar surface area (TPSA) is 148 Å². The minimum Gasteiger partial charge on any atom is -0.507 e. The highest BCUT2D eigenvalue weighted by molar-refractivity contribution is 6.02. The molecule has 0 fully saturated rings. The number of ketones is 1. The van der Waals surface area contributed by atoms with Crippen molar-refractivity contribution < 1.29 is 29.6 Å². The minimum atomic E-state index is -1.19. The van der Waals surface area contributed by atoms with Gasteiger partial charge in [-0.1, -0.05) is 26.0 Å². The molecule has 1 aromatic carbocycles. The van der Waals surface area contributed by atoms with Gasteiger partial charge in [0, 0.05) is 12.0 Å². The second-order valence-corrected chi connectivity index (χ2v) is 7.98. The molecule has 0 amide bonds. The number of allylic oxidation sites excluding steroid dienone is 2. The van der Waals surface area contributed by atoms with E-state index in [9.17, 15) is 24.9 Å². The van der Waals surface area contributed by atoms with Crippen LogP contribution in [0, 0.1) is 0 Å². The highest BCUT2D eigenvalue weighted by Crippen LogP contribution is 2.33. The van der Waals surface area contributed by atoms with Gasteiger partial charge in [0.05, 0.1) is 17.7 Å². The normalized spacial score (nSPS) is 13.7. The molecule has 0 aliphatic heterocycles. The molecule has 1 heterocycles. The van der Waals surface area contributed by atoms with Crippen molar-refractivity contribution in [3.8, 4) is 11.5 Å². The lowest BCUT2D eigenvalue weighted by molar-refractivity contribution is -0.132. The maximum absolute atomic E-state index is 11.7. The van der Waals surface area contributed by atoms with Crippen molar-refractivity contribution in [2.75, 3.05) is 6.61 Å². The number of unbranched alkanes of at least 4 members (excludes halogenated alkanes) is 1. The standard InChI is InChI=1S/C24H28N4O6/c1-4-7-17-19(12-11-16(15(3)29)23(17)31)34-13-6-5-8-20-25-26-27-28(20)21-18(24(32)33)10-9-14(2)22(21)30/h10-12,30-31H,2,4-9,13H2,1,3H3,(H,32,33). The van der Waals surface area contributed by atoms with Gasteiger partial charge in [-0.05, 0) is 60.7 Å². The number of ether oxygens (including phenoxy) is 1. The molecule has 2 aromatic rings. The molecule has 0 atom stereocenters. The molecule has 10 nitrogen and oxygen atoms in total. The number of hydrogen-bond acceptors (Lipinski definition) is 8. The number of hydrogen-bond donors (Lipinski definition) is 3. The Kier molecular flexibility index (Phi) is 7.83. The molecule has 1 aliphatic rings. The molecular formula is C24H28N4O6. The van der Waals surface area contributed by atoms with Crippen molar-refractivity contribution in [2.45, 2.75) is 52.4 Å². The van der Waals surface area contributed by atoms with E-state index < -0.39 is 5.97 Å². The average Bonchev–Trinajstić information content (AvgIpc) is 3.25. The van der Waals surface area contributed by atoms with Crippen LogP contribution in [0.2, 0.25) is 0 Å². The van der Waals surface area contributed by atoms with Crippen LogP contribution in [0.5, 0.6) is 11.5 Å². The molecule has 0 bridgehead atoms. The maximum Gasteiger partial charge on any atom is 0.337 e. The van der Waals surface area contributed by atoms with Crippen LogP contribution in [-0.4, -0.2) is 53.9 Å². The van der Waals surface area contributed by atoms with Crippen LogP contribution < -0.4 is 4.74 Å². The van der Waals surface area contributed by atoms with E-state index in [1.165, 1.54) is 17.7 Å². The number of aryl methyl sites for hydroxylation is 1. The monoisotopic (exact) mass is 468 g/mol. The predicted octanol–water partition coefficient (Wildman–Crippen LogP) is 3.63. The zero-order valence-electron chi connectivity index (χ0n) is 19.2. The number of benzene rings is 1. The van der Waals surface area contributed by atoms with Gasteiger partial charge in [-0.15, -0.1) is 5.10 Å². The number of carboxylic acid groups (broad SMARTS) is 1. The molecule has 0 radical (unpaired) electrons. The molecule has 10 heteroatoms. The smallest absolute Gasteiger partial charge is 0.337 e. The lowest BCUT2D eigenvalue weighted by Crippen LogP contribution is -2.18. The number of nitrogens with zero attached hydrogens (tertiary/aromatic N) is 4. The van der Waals surface area contributed by atoms with Crippen molar-refractivity contribution in [3.05, 3.63) is 58.6 Å². The van der Waals surface area contributed by atoms with Gasteiger partial charge in [0.1, 0.15) is 23.0 Å². The Morgan fingerprint density at radius 2 is 1.97 bits per heavy atom. The van der Waals surface area contributed by atoms with Crippen molar-refractivity contribution in [3.63, 3.8) is 0 Å². The SMILES string of the molecule is C=C1CC=C(C(=O)O)C(n2nnnc2CCCCOc2ccc(C(C)=O)c(O)c2CCC)=C1O. The molecule has 0 saturated heterocycles. The first-order chi connectivity index (χ1) is 16.3. The fourth-order valence-corrected chi connectivity index (χ4v) is 3.75. The molecule has 0 spiro atoms. The first-order valence-electron chi connectivity index (χ1n) is 11.1. The summed E-state index contributed by atoms with van der Waals surface area (Å²) in [5, 5.41) is 41.9. The Morgan fingerprint density at radius 1 is 1.21 bits per heavy atom. The number of carbonyl (C=O) groups excluding carboxylic acids is 1. The number of aromatic nitrogens is 4. The number of rotatable bonds is 11. The van der Waals surface area contributed by atoms with Gasteiger partial charge in [0.15, 0.2) is 11.6 Å². The number of aliphatic hydroxyl groups is 1. The molecule has 1 aromatic heterocycles. The van der Waals surface area contributed by atoms with Gasteiger partial charge in [0.25, 0.3) is 0 Å². The van der Waals surface area contributed by atoms with E-state index in [2.05, 4.69) is 22.1 Å². The Labute approximate surface area is 196 Å². The Morgan fingerprint density at radius 3 is 2.65 bits per heavy atom. The molecular weight excluding hydrogens is 440 g/mol. The number of aliphatic hydroxyl groups excluding tert-OH is 1. The third-order valence-corrected chi connectivity index (χ3v) is 5.51. The largest absolute Gasteiger partial charge is 0.507 e. The number of phenolic OH excluding ortho intramolecular Hbond substituents is 1. The number of Topliss-reactive ketones (excluding diaryl/α,β-unsaturated/α-hetero) is 1. The summed E-state index contributed by atoms with van der Waals surface area (Å²) >= 11 is 0. The van der Waals surface area contributed by atoms with E-state index in [4.69, 9.17) is 4.74 Å². The minimum absolute atomic E-state index is 0.00486. The summed E-state index contributed by atoms with van der Waals surface area (Å²) in [6.07, 6.45) is 4.75. The number of carbonyl (C=O) groups is 2. The van der Waals surface area contributed by atoms with Gasteiger partial charge in [-0.25, -0.2) is 4.79 Å². The van der Waals surface area contributed by atoms with Crippen LogP contribution in [0.3, 0.4) is 0 Å². The second-order valence-electron chi connectivity index (χ2n) is 7.98. The summed E-state index contributed by atoms with van der Waals surface area (Å²) in [5.74, 6) is -0.724. The lowest BCUT2D eigenvalue weighted by Gasteiger charge is -2.18. The third-order valence-electron chi connectivity index (χ3n) is 5.51. The van der Waals surface area contributed by atoms with Gasteiger partial charge >= 0.3 is 5.97 Å². The van der Waals surface area contributed by atoms with Crippen LogP contribution in [-0.2, 0) is 17.6 Å². The third kappa shape index (κ3) is 5.16. The van der Waals surface area contributed by atoms with Crippen LogP contribution in [0.1, 0.15) is 61.3 Å². The summed E-state index contributed by atoms with van der Waals surface area (Å²) in [5.41, 5.74) is 1.20. The predicted molar refractivity (Wildman–Crippen MR) is 124 cm³/mol. The fraction of sp³-hybridized carbons (Fsp3) is 0.375. The van der Waals surface area contributed by atoms with E-state index in [0.717, 1.165) is 6.42 Å². The van der Waals surface area contributed by atoms with Gasteiger partial charge < -0.3 is 20.1 Å². The highest BCUT2D eigenvalue weighted by atomic mass is 16.5. The molecule has 180 valence electrons. The summed E-state index contributed by atoms with van der Waals surface area (Å²) < 4.78 is 7.11. The Hall–Kier alpha value is -3.95. The Bertz CT molecular complexity index is 1180. The van der Waals surface area contributed by atoms with Crippen molar-refractivity contribution >= 4 is 17.4 Å². The first kappa shape index (κ1) is 24.7. The number of tetrazole rings is 1. The zero-order chi connectivity index (χ0) is 24.8. The molecule has 0 saturated carbocycles. The van der Waals surface area contributed by atoms with Crippen molar-refractivity contribution in [1.29, 1.82) is 0 Å². The van der Waals surface area contributed by atoms with Gasteiger partial charge in [-0.2, -0.15) is 4.68 Å². The summed E-state index contributed by atoms with van der Waals surface area (Å²) in [4.78, 5) is 23.3. The number of aliphatic carboxylic acids is 1.